The fourth-order valence-electron chi connectivity index (χ4n) is 1.87. The van der Waals surface area contributed by atoms with Crippen molar-refractivity contribution in [1.29, 1.82) is 0 Å². The van der Waals surface area contributed by atoms with Crippen LogP contribution < -0.4 is 4.74 Å². The minimum absolute atomic E-state index is 0.174. The van der Waals surface area contributed by atoms with Gasteiger partial charge in [-0.25, -0.2) is 0 Å². The lowest BCUT2D eigenvalue weighted by Crippen LogP contribution is -2.00. The van der Waals surface area contributed by atoms with Crippen LogP contribution in [0.25, 0.3) is 0 Å². The zero-order chi connectivity index (χ0) is 15.5. The first-order valence-electron chi connectivity index (χ1n) is 7.59. The van der Waals surface area contributed by atoms with Crippen molar-refractivity contribution >= 4 is 5.78 Å². The zero-order valence-electron chi connectivity index (χ0n) is 13.1. The van der Waals surface area contributed by atoms with Gasteiger partial charge in [0.15, 0.2) is 5.78 Å². The maximum Gasteiger partial charge on any atom is 0.162 e. The van der Waals surface area contributed by atoms with E-state index in [-0.39, 0.29) is 5.78 Å². The molecule has 0 N–H and O–H groups in total. The molecule has 0 spiro atoms. The lowest BCUT2D eigenvalue weighted by molar-refractivity contribution is 0.0981. The molecule has 2 heteroatoms. The Balaban J connectivity index is 0.00000106. The van der Waals surface area contributed by atoms with Gasteiger partial charge in [-0.3, -0.25) is 4.79 Å². The molecule has 0 saturated heterocycles. The van der Waals surface area contributed by atoms with Crippen molar-refractivity contribution in [3.8, 4) is 5.75 Å². The van der Waals surface area contributed by atoms with Gasteiger partial charge in [0.2, 0.25) is 0 Å². The third-order valence-corrected chi connectivity index (χ3v) is 2.88. The molecule has 0 atom stereocenters. The molecule has 0 unspecified atom stereocenters. The summed E-state index contributed by atoms with van der Waals surface area (Å²) in [6.07, 6.45) is 1.45. The van der Waals surface area contributed by atoms with Crippen molar-refractivity contribution in [2.75, 3.05) is 0 Å². The molecule has 0 aromatic heterocycles. The number of hydrogen-bond acceptors (Lipinski definition) is 2. The minimum Gasteiger partial charge on any atom is -0.489 e. The smallest absolute Gasteiger partial charge is 0.162 e. The molecule has 0 bridgehead atoms. The highest BCUT2D eigenvalue weighted by molar-refractivity contribution is 5.96. The van der Waals surface area contributed by atoms with Crippen LogP contribution in [0, 0.1) is 0 Å². The molecule has 2 aromatic carbocycles. The molecule has 112 valence electrons. The van der Waals surface area contributed by atoms with Crippen LogP contribution in [-0.2, 0) is 6.61 Å². The Hall–Kier alpha value is -2.09. The number of rotatable bonds is 6. The molecule has 2 aromatic rings. The van der Waals surface area contributed by atoms with Crippen molar-refractivity contribution in [3.05, 3.63) is 65.7 Å². The van der Waals surface area contributed by atoms with Crippen LogP contribution in [0.2, 0.25) is 0 Å². The number of carbonyl (C=O) groups is 1. The molecular weight excluding hydrogens is 260 g/mol. The van der Waals surface area contributed by atoms with E-state index in [0.29, 0.717) is 13.0 Å². The minimum atomic E-state index is 0.174. The summed E-state index contributed by atoms with van der Waals surface area (Å²) >= 11 is 0. The van der Waals surface area contributed by atoms with Crippen LogP contribution in [0.15, 0.2) is 54.6 Å². The number of ether oxygens (including phenoxy) is 1. The third-order valence-electron chi connectivity index (χ3n) is 2.88. The summed E-state index contributed by atoms with van der Waals surface area (Å²) in [5.41, 5.74) is 1.85. The predicted octanol–water partition coefficient (Wildman–Crippen LogP) is 5.27. The molecule has 0 amide bonds. The Morgan fingerprint density at radius 3 is 2.38 bits per heavy atom. The average molecular weight is 284 g/mol. The molecule has 0 radical (unpaired) electrons. The van der Waals surface area contributed by atoms with Crippen LogP contribution in [0.3, 0.4) is 0 Å². The Labute approximate surface area is 127 Å². The van der Waals surface area contributed by atoms with E-state index in [1.54, 1.807) is 0 Å². The van der Waals surface area contributed by atoms with E-state index in [1.807, 2.05) is 75.4 Å². The summed E-state index contributed by atoms with van der Waals surface area (Å²) in [5, 5.41) is 0. The van der Waals surface area contributed by atoms with Crippen molar-refractivity contribution < 1.29 is 9.53 Å². The fourth-order valence-corrected chi connectivity index (χ4v) is 1.87. The second-order valence-corrected chi connectivity index (χ2v) is 4.48. The Morgan fingerprint density at radius 2 is 1.71 bits per heavy atom. The SMILES string of the molecule is CC.CCCC(=O)c1cccc(OCc2ccccc2)c1. The summed E-state index contributed by atoms with van der Waals surface area (Å²) in [6.45, 7) is 6.53. The summed E-state index contributed by atoms with van der Waals surface area (Å²) in [4.78, 5) is 11.8. The quantitative estimate of drug-likeness (QED) is 0.675. The molecule has 0 heterocycles. The number of ketones is 1. The van der Waals surface area contributed by atoms with Gasteiger partial charge in [0, 0.05) is 12.0 Å². The molecule has 21 heavy (non-hydrogen) atoms. The van der Waals surface area contributed by atoms with Gasteiger partial charge >= 0.3 is 0 Å². The Bertz CT molecular complexity index is 532. The summed E-state index contributed by atoms with van der Waals surface area (Å²) < 4.78 is 5.71. The maximum absolute atomic E-state index is 11.8. The number of Topliss-reactive ketones (excluding diaryl/α,β-unsaturated/α-hetero) is 1. The summed E-state index contributed by atoms with van der Waals surface area (Å²) in [5.74, 6) is 0.915. The lowest BCUT2D eigenvalue weighted by atomic mass is 10.1. The largest absolute Gasteiger partial charge is 0.489 e. The van der Waals surface area contributed by atoms with E-state index >= 15 is 0 Å². The second kappa shape index (κ2) is 9.76. The molecule has 0 aliphatic rings. The second-order valence-electron chi connectivity index (χ2n) is 4.48. The highest BCUT2D eigenvalue weighted by Crippen LogP contribution is 2.16. The first kappa shape index (κ1) is 17.0. The lowest BCUT2D eigenvalue weighted by Gasteiger charge is -2.07. The van der Waals surface area contributed by atoms with Gasteiger partial charge in [-0.15, -0.1) is 0 Å². The van der Waals surface area contributed by atoms with Crippen LogP contribution in [0.4, 0.5) is 0 Å². The van der Waals surface area contributed by atoms with E-state index < -0.39 is 0 Å². The Kier molecular flexibility index (Phi) is 7.88. The summed E-state index contributed by atoms with van der Waals surface area (Å²) in [6, 6.07) is 17.4. The molecule has 0 aliphatic heterocycles. The van der Waals surface area contributed by atoms with Gasteiger partial charge in [0.25, 0.3) is 0 Å². The first-order valence-corrected chi connectivity index (χ1v) is 7.59. The van der Waals surface area contributed by atoms with E-state index in [9.17, 15) is 4.79 Å². The molecular formula is C19H24O2. The number of hydrogen-bond donors (Lipinski definition) is 0. The number of carbonyl (C=O) groups excluding carboxylic acids is 1. The predicted molar refractivity (Wildman–Crippen MR) is 87.8 cm³/mol. The van der Waals surface area contributed by atoms with Gasteiger partial charge in [-0.05, 0) is 24.1 Å². The maximum atomic E-state index is 11.8. The van der Waals surface area contributed by atoms with Crippen LogP contribution >= 0.6 is 0 Å². The topological polar surface area (TPSA) is 26.3 Å². The van der Waals surface area contributed by atoms with Crippen LogP contribution in [0.5, 0.6) is 5.75 Å². The zero-order valence-corrected chi connectivity index (χ0v) is 13.1. The van der Waals surface area contributed by atoms with Gasteiger partial charge in [-0.2, -0.15) is 0 Å². The highest BCUT2D eigenvalue weighted by Gasteiger charge is 2.05. The normalized spacial score (nSPS) is 9.48. The first-order chi connectivity index (χ1) is 10.3. The van der Waals surface area contributed by atoms with Gasteiger partial charge in [0.1, 0.15) is 12.4 Å². The van der Waals surface area contributed by atoms with Crippen LogP contribution in [-0.4, -0.2) is 5.78 Å². The molecule has 2 nitrogen and oxygen atoms in total. The van der Waals surface area contributed by atoms with E-state index in [1.165, 1.54) is 0 Å². The van der Waals surface area contributed by atoms with Gasteiger partial charge in [-0.1, -0.05) is 63.2 Å². The summed E-state index contributed by atoms with van der Waals surface area (Å²) in [7, 11) is 0. The van der Waals surface area contributed by atoms with E-state index in [4.69, 9.17) is 4.74 Å². The van der Waals surface area contributed by atoms with E-state index in [2.05, 4.69) is 0 Å². The van der Waals surface area contributed by atoms with Gasteiger partial charge < -0.3 is 4.74 Å². The molecule has 0 fully saturated rings. The fraction of sp³-hybridized carbons (Fsp3) is 0.316. The van der Waals surface area contributed by atoms with Crippen molar-refractivity contribution in [1.82, 2.24) is 0 Å². The van der Waals surface area contributed by atoms with Crippen molar-refractivity contribution in [2.24, 2.45) is 0 Å². The third kappa shape index (κ3) is 5.82. The van der Waals surface area contributed by atoms with Crippen molar-refractivity contribution in [2.45, 2.75) is 40.2 Å². The molecule has 2 rings (SSSR count). The number of benzene rings is 2. The molecule has 0 saturated carbocycles. The van der Waals surface area contributed by atoms with E-state index in [0.717, 1.165) is 23.3 Å². The van der Waals surface area contributed by atoms with Crippen LogP contribution in [0.1, 0.15) is 49.5 Å². The van der Waals surface area contributed by atoms with Gasteiger partial charge in [0.05, 0.1) is 0 Å². The van der Waals surface area contributed by atoms with Crippen molar-refractivity contribution in [3.63, 3.8) is 0 Å². The Morgan fingerprint density at radius 1 is 1.00 bits per heavy atom. The molecule has 0 aliphatic carbocycles. The standard InChI is InChI=1S/C17H18O2.C2H6/c1-2-7-17(18)15-10-6-11-16(12-15)19-13-14-8-4-3-5-9-14;1-2/h3-6,8-12H,2,7,13H2,1H3;1-2H3. The average Bonchev–Trinajstić information content (AvgIpc) is 2.56. The highest BCUT2D eigenvalue weighted by atomic mass is 16.5. The monoisotopic (exact) mass is 284 g/mol.